The molecule has 3 aromatic rings. The second-order valence-electron chi connectivity index (χ2n) is 4.98. The fourth-order valence-corrected chi connectivity index (χ4v) is 2.22. The summed E-state index contributed by atoms with van der Waals surface area (Å²) in [7, 11) is 1.36. The number of imidazole rings is 1. The van der Waals surface area contributed by atoms with Crippen molar-refractivity contribution in [3.05, 3.63) is 36.4 Å². The number of hydrogen-bond donors (Lipinski definition) is 1. The summed E-state index contributed by atoms with van der Waals surface area (Å²) < 4.78 is 81.0. The molecule has 2 heterocycles. The van der Waals surface area contributed by atoms with Crippen LogP contribution >= 0.6 is 0 Å². The molecule has 2 aromatic heterocycles. The van der Waals surface area contributed by atoms with Gasteiger partial charge in [0.2, 0.25) is 5.82 Å². The highest BCUT2D eigenvalue weighted by atomic mass is 19.4. The average Bonchev–Trinajstić information content (AvgIpc) is 2.95. The van der Waals surface area contributed by atoms with E-state index in [0.29, 0.717) is 0 Å². The number of alkyl halides is 6. The zero-order chi connectivity index (χ0) is 19.1. The topological polar surface area (TPSA) is 64.9 Å². The molecule has 0 bridgehead atoms. The van der Waals surface area contributed by atoms with Gasteiger partial charge in [0.05, 0.1) is 5.69 Å². The van der Waals surface area contributed by atoms with E-state index in [9.17, 15) is 26.3 Å². The number of benzene rings is 1. The summed E-state index contributed by atoms with van der Waals surface area (Å²) in [6, 6.07) is 4.69. The molecule has 0 unspecified atom stereocenters. The number of nitrogens with one attached hydrogen (secondary N) is 1. The van der Waals surface area contributed by atoms with Crippen LogP contribution in [0, 0.1) is 0 Å². The smallest absolute Gasteiger partial charge is 0.406 e. The molecule has 0 aliphatic rings. The number of fused-ring (bicyclic) bond motifs is 1. The molecule has 0 fully saturated rings. The summed E-state index contributed by atoms with van der Waals surface area (Å²) >= 11 is 0. The predicted octanol–water partition coefficient (Wildman–Crippen LogP) is 3.77. The van der Waals surface area contributed by atoms with Crippen LogP contribution < -0.4 is 10.1 Å². The monoisotopic (exact) mass is 377 g/mol. The molecule has 138 valence electrons. The molecular weight excluding hydrogens is 368 g/mol. The lowest BCUT2D eigenvalue weighted by molar-refractivity contribution is -0.274. The van der Waals surface area contributed by atoms with Crippen LogP contribution in [0.5, 0.6) is 5.75 Å². The highest BCUT2D eigenvalue weighted by molar-refractivity contribution is 5.84. The van der Waals surface area contributed by atoms with Crippen LogP contribution in [0.15, 0.2) is 30.6 Å². The highest BCUT2D eigenvalue weighted by Gasteiger charge is 2.36. The number of nitrogens with zero attached hydrogens (tertiary/aromatic N) is 4. The van der Waals surface area contributed by atoms with Crippen LogP contribution in [0.4, 0.5) is 32.2 Å². The molecule has 0 aliphatic carbocycles. The molecular formula is C14H9F6N5O. The Balaban J connectivity index is 2.16. The lowest BCUT2D eigenvalue weighted by atomic mass is 10.3. The summed E-state index contributed by atoms with van der Waals surface area (Å²) in [6.07, 6.45) is -8.58. The third-order valence-electron chi connectivity index (χ3n) is 3.22. The first-order valence-electron chi connectivity index (χ1n) is 6.95. The zero-order valence-corrected chi connectivity index (χ0v) is 12.9. The molecule has 0 aliphatic heterocycles. The van der Waals surface area contributed by atoms with Gasteiger partial charge in [-0.2, -0.15) is 13.2 Å². The van der Waals surface area contributed by atoms with Crippen LogP contribution in [0.25, 0.3) is 16.9 Å². The predicted molar refractivity (Wildman–Crippen MR) is 77.9 cm³/mol. The van der Waals surface area contributed by atoms with Gasteiger partial charge in [-0.3, -0.25) is 4.57 Å². The molecule has 0 radical (unpaired) electrons. The van der Waals surface area contributed by atoms with Crippen molar-refractivity contribution in [1.29, 1.82) is 0 Å². The van der Waals surface area contributed by atoms with Crippen LogP contribution in [0.3, 0.4) is 0 Å². The Morgan fingerprint density at radius 2 is 1.81 bits per heavy atom. The van der Waals surface area contributed by atoms with Crippen molar-refractivity contribution in [2.45, 2.75) is 12.5 Å². The van der Waals surface area contributed by atoms with E-state index in [-0.39, 0.29) is 22.7 Å². The number of hydrogen-bond acceptors (Lipinski definition) is 5. The lowest BCUT2D eigenvalue weighted by Gasteiger charge is -2.11. The summed E-state index contributed by atoms with van der Waals surface area (Å²) in [5.41, 5.74) is -0.105. The Labute approximate surface area is 141 Å². The van der Waals surface area contributed by atoms with Crippen molar-refractivity contribution in [1.82, 2.24) is 19.5 Å². The fraction of sp³-hybridized carbons (Fsp3) is 0.214. The number of halogens is 6. The van der Waals surface area contributed by atoms with Crippen molar-refractivity contribution in [3.63, 3.8) is 0 Å². The summed E-state index contributed by atoms with van der Waals surface area (Å²) in [6.45, 7) is 0. The Hall–Kier alpha value is -3.05. The molecule has 0 saturated heterocycles. The number of rotatable bonds is 3. The minimum absolute atomic E-state index is 0.0302. The van der Waals surface area contributed by atoms with Crippen molar-refractivity contribution in [2.24, 2.45) is 0 Å². The molecule has 1 aromatic carbocycles. The maximum absolute atomic E-state index is 13.0. The molecule has 6 nitrogen and oxygen atoms in total. The van der Waals surface area contributed by atoms with Gasteiger partial charge in [-0.25, -0.2) is 15.0 Å². The quantitative estimate of drug-likeness (QED) is 0.704. The Kier molecular flexibility index (Phi) is 4.12. The van der Waals surface area contributed by atoms with Crippen LogP contribution in [-0.2, 0) is 6.18 Å². The first kappa shape index (κ1) is 17.8. The normalized spacial score (nSPS) is 12.4. The van der Waals surface area contributed by atoms with Gasteiger partial charge in [0.15, 0.2) is 17.0 Å². The molecule has 1 N–H and O–H groups in total. The Morgan fingerprint density at radius 3 is 2.42 bits per heavy atom. The van der Waals surface area contributed by atoms with Gasteiger partial charge in [0, 0.05) is 13.1 Å². The third-order valence-corrected chi connectivity index (χ3v) is 3.22. The van der Waals surface area contributed by atoms with Crippen LogP contribution in [-0.4, -0.2) is 32.9 Å². The van der Waals surface area contributed by atoms with E-state index < -0.39 is 24.1 Å². The molecule has 12 heteroatoms. The van der Waals surface area contributed by atoms with E-state index in [0.717, 1.165) is 23.0 Å². The minimum atomic E-state index is -4.90. The standard InChI is InChI=1S/C14H9F6N5O/c1-21-10-9-11(24-12(23-10)13(15,16)17)25(6-22-9)7-3-2-4-8(5-7)26-14(18,19)20/h2-6H,1H3,(H,21,23,24). The minimum Gasteiger partial charge on any atom is -0.406 e. The molecule has 0 saturated carbocycles. The van der Waals surface area contributed by atoms with Gasteiger partial charge in [0.1, 0.15) is 12.1 Å². The molecule has 0 atom stereocenters. The second kappa shape index (κ2) is 6.04. The van der Waals surface area contributed by atoms with Gasteiger partial charge < -0.3 is 10.1 Å². The third kappa shape index (κ3) is 3.48. The van der Waals surface area contributed by atoms with E-state index in [2.05, 4.69) is 25.0 Å². The van der Waals surface area contributed by atoms with Crippen molar-refractivity contribution in [3.8, 4) is 11.4 Å². The maximum Gasteiger partial charge on any atom is 0.573 e. The van der Waals surface area contributed by atoms with Gasteiger partial charge >= 0.3 is 12.5 Å². The summed E-state index contributed by atoms with van der Waals surface area (Å²) in [5, 5.41) is 2.49. The van der Waals surface area contributed by atoms with Gasteiger partial charge in [0.25, 0.3) is 0 Å². The molecule has 0 amide bonds. The molecule has 26 heavy (non-hydrogen) atoms. The van der Waals surface area contributed by atoms with Crippen molar-refractivity contribution in [2.75, 3.05) is 12.4 Å². The van der Waals surface area contributed by atoms with E-state index in [1.165, 1.54) is 19.2 Å². The SMILES string of the molecule is CNc1nc(C(F)(F)F)nc2c1ncn2-c1cccc(OC(F)(F)F)c1. The first-order valence-corrected chi connectivity index (χ1v) is 6.95. The van der Waals surface area contributed by atoms with E-state index in [4.69, 9.17) is 0 Å². The highest BCUT2D eigenvalue weighted by Crippen LogP contribution is 2.31. The summed E-state index contributed by atoms with van der Waals surface area (Å²) in [4.78, 5) is 10.8. The maximum atomic E-state index is 13.0. The second-order valence-corrected chi connectivity index (χ2v) is 4.98. The van der Waals surface area contributed by atoms with Crippen molar-refractivity contribution >= 4 is 17.0 Å². The Bertz CT molecular complexity index is 949. The fourth-order valence-electron chi connectivity index (χ4n) is 2.22. The zero-order valence-electron chi connectivity index (χ0n) is 12.9. The van der Waals surface area contributed by atoms with Crippen molar-refractivity contribution < 1.29 is 31.1 Å². The number of aromatic nitrogens is 4. The number of anilines is 1. The van der Waals surface area contributed by atoms with E-state index in [1.54, 1.807) is 0 Å². The molecule has 0 spiro atoms. The summed E-state index contributed by atoms with van der Waals surface area (Å²) in [5.74, 6) is -2.10. The lowest BCUT2D eigenvalue weighted by Crippen LogP contribution is -2.17. The van der Waals surface area contributed by atoms with E-state index in [1.807, 2.05) is 0 Å². The first-order chi connectivity index (χ1) is 12.1. The van der Waals surface area contributed by atoms with E-state index >= 15 is 0 Å². The van der Waals surface area contributed by atoms with Gasteiger partial charge in [-0.1, -0.05) is 6.07 Å². The Morgan fingerprint density at radius 1 is 1.08 bits per heavy atom. The number of ether oxygens (including phenoxy) is 1. The van der Waals surface area contributed by atoms with Gasteiger partial charge in [-0.15, -0.1) is 13.2 Å². The molecule has 3 rings (SSSR count). The largest absolute Gasteiger partial charge is 0.573 e. The van der Waals surface area contributed by atoms with Crippen LogP contribution in [0.1, 0.15) is 5.82 Å². The van der Waals surface area contributed by atoms with Gasteiger partial charge in [-0.05, 0) is 12.1 Å². The van der Waals surface area contributed by atoms with Crippen LogP contribution in [0.2, 0.25) is 0 Å². The average molecular weight is 377 g/mol.